The normalized spacial score (nSPS) is 12.1. The van der Waals surface area contributed by atoms with E-state index >= 15 is 0 Å². The van der Waals surface area contributed by atoms with E-state index in [0.717, 1.165) is 11.4 Å². The van der Waals surface area contributed by atoms with Crippen molar-refractivity contribution in [3.63, 3.8) is 0 Å². The molecule has 0 bridgehead atoms. The van der Waals surface area contributed by atoms with E-state index in [0.29, 0.717) is 16.3 Å². The van der Waals surface area contributed by atoms with Crippen molar-refractivity contribution in [2.45, 2.75) is 19.4 Å². The van der Waals surface area contributed by atoms with Crippen molar-refractivity contribution >= 4 is 34.5 Å². The Bertz CT molecular complexity index is 551. The first-order valence-electron chi connectivity index (χ1n) is 5.87. The summed E-state index contributed by atoms with van der Waals surface area (Å²) in [5.41, 5.74) is 6.49. The van der Waals surface area contributed by atoms with E-state index in [1.807, 2.05) is 12.3 Å². The van der Waals surface area contributed by atoms with Crippen LogP contribution < -0.4 is 11.1 Å². The summed E-state index contributed by atoms with van der Waals surface area (Å²) in [6.45, 7) is 1.99. The number of hydrogen-bond donors (Lipinski definition) is 2. The fourth-order valence-electron chi connectivity index (χ4n) is 1.76. The molecule has 0 saturated carbocycles. The van der Waals surface area contributed by atoms with Gasteiger partial charge in [0.1, 0.15) is 5.01 Å². The Morgan fingerprint density at radius 1 is 1.58 bits per heavy atom. The van der Waals surface area contributed by atoms with Crippen LogP contribution in [0.3, 0.4) is 0 Å². The van der Waals surface area contributed by atoms with Crippen LogP contribution in [0.1, 0.15) is 34.8 Å². The van der Waals surface area contributed by atoms with E-state index in [9.17, 15) is 4.79 Å². The summed E-state index contributed by atoms with van der Waals surface area (Å²) >= 11 is 7.53. The quantitative estimate of drug-likeness (QED) is 0.851. The van der Waals surface area contributed by atoms with Crippen molar-refractivity contribution in [3.05, 3.63) is 45.4 Å². The smallest absolute Gasteiger partial charge is 0.255 e. The molecule has 1 aromatic heterocycles. The largest absolute Gasteiger partial charge is 0.398 e. The number of rotatable bonds is 4. The number of carbonyl (C=O) groups excluding carboxylic acids is 1. The molecule has 3 N–H and O–H groups in total. The van der Waals surface area contributed by atoms with Gasteiger partial charge in [-0.2, -0.15) is 0 Å². The summed E-state index contributed by atoms with van der Waals surface area (Å²) < 4.78 is 0. The topological polar surface area (TPSA) is 68.0 Å². The first kappa shape index (κ1) is 13.8. The van der Waals surface area contributed by atoms with Crippen LogP contribution in [0.2, 0.25) is 5.02 Å². The lowest BCUT2D eigenvalue weighted by Gasteiger charge is -2.16. The molecule has 1 heterocycles. The first-order valence-corrected chi connectivity index (χ1v) is 7.13. The summed E-state index contributed by atoms with van der Waals surface area (Å²) in [6.07, 6.45) is 2.47. The third-order valence-electron chi connectivity index (χ3n) is 2.74. The third-order valence-corrected chi connectivity index (χ3v) is 3.94. The molecule has 2 rings (SSSR count). The Morgan fingerprint density at radius 2 is 2.37 bits per heavy atom. The lowest BCUT2D eigenvalue weighted by molar-refractivity contribution is 0.0936. The number of nitrogens with one attached hydrogen (secondary N) is 1. The van der Waals surface area contributed by atoms with Crippen molar-refractivity contribution in [2.75, 3.05) is 5.73 Å². The van der Waals surface area contributed by atoms with Crippen LogP contribution in [0.5, 0.6) is 0 Å². The lowest BCUT2D eigenvalue weighted by atomic mass is 10.1. The van der Waals surface area contributed by atoms with Crippen molar-refractivity contribution in [2.24, 2.45) is 0 Å². The van der Waals surface area contributed by atoms with Crippen LogP contribution in [-0.4, -0.2) is 10.9 Å². The highest BCUT2D eigenvalue weighted by Gasteiger charge is 2.19. The number of nitrogen functional groups attached to an aromatic ring is 1. The zero-order valence-corrected chi connectivity index (χ0v) is 12.0. The van der Waals surface area contributed by atoms with Gasteiger partial charge in [-0.3, -0.25) is 4.79 Å². The Hall–Kier alpha value is -1.59. The molecule has 0 aliphatic rings. The molecule has 19 heavy (non-hydrogen) atoms. The number of benzene rings is 1. The standard InChI is InChI=1S/C13H14ClN3OS/c1-2-10(13-16-6-7-19-13)17-12(18)11-8(14)4-3-5-9(11)15/h3-7,10H,2,15H2,1H3,(H,17,18). The van der Waals surface area contributed by atoms with Gasteiger partial charge in [0, 0.05) is 17.3 Å². The van der Waals surface area contributed by atoms with Gasteiger partial charge in [0.15, 0.2) is 0 Å². The molecule has 0 radical (unpaired) electrons. The minimum atomic E-state index is -0.273. The molecule has 0 spiro atoms. The fraction of sp³-hybridized carbons (Fsp3) is 0.231. The van der Waals surface area contributed by atoms with Crippen molar-refractivity contribution in [3.8, 4) is 0 Å². The van der Waals surface area contributed by atoms with Gasteiger partial charge >= 0.3 is 0 Å². The average Bonchev–Trinajstić information content (AvgIpc) is 2.89. The Labute approximate surface area is 120 Å². The van der Waals surface area contributed by atoms with Crippen LogP contribution in [0.25, 0.3) is 0 Å². The highest BCUT2D eigenvalue weighted by molar-refractivity contribution is 7.09. The molecule has 4 nitrogen and oxygen atoms in total. The molecule has 1 aromatic carbocycles. The van der Waals surface area contributed by atoms with E-state index in [1.54, 1.807) is 24.4 Å². The van der Waals surface area contributed by atoms with Gasteiger partial charge in [-0.25, -0.2) is 4.98 Å². The Kier molecular flexibility index (Phi) is 4.39. The fourth-order valence-corrected chi connectivity index (χ4v) is 2.80. The molecule has 1 unspecified atom stereocenters. The summed E-state index contributed by atoms with van der Waals surface area (Å²) in [5, 5.41) is 6.02. The van der Waals surface area contributed by atoms with E-state index in [4.69, 9.17) is 17.3 Å². The van der Waals surface area contributed by atoms with E-state index in [2.05, 4.69) is 10.3 Å². The van der Waals surface area contributed by atoms with Crippen LogP contribution in [0.4, 0.5) is 5.69 Å². The molecule has 6 heteroatoms. The van der Waals surface area contributed by atoms with Crippen molar-refractivity contribution in [1.29, 1.82) is 0 Å². The highest BCUT2D eigenvalue weighted by atomic mass is 35.5. The molecule has 2 aromatic rings. The molecule has 0 aliphatic heterocycles. The predicted octanol–water partition coefficient (Wildman–Crippen LogP) is 3.26. The Balaban J connectivity index is 2.21. The molecule has 1 atom stereocenters. The molecule has 0 aliphatic carbocycles. The van der Waals surface area contributed by atoms with Gasteiger partial charge in [-0.15, -0.1) is 11.3 Å². The number of hydrogen-bond acceptors (Lipinski definition) is 4. The minimum Gasteiger partial charge on any atom is -0.398 e. The maximum atomic E-state index is 12.3. The number of carbonyl (C=O) groups is 1. The second-order valence-corrected chi connectivity index (χ2v) is 5.34. The molecular weight excluding hydrogens is 282 g/mol. The number of halogens is 1. The maximum absolute atomic E-state index is 12.3. The van der Waals surface area contributed by atoms with Gasteiger partial charge in [-0.05, 0) is 18.6 Å². The second kappa shape index (κ2) is 6.04. The monoisotopic (exact) mass is 295 g/mol. The number of amides is 1. The summed E-state index contributed by atoms with van der Waals surface area (Å²) in [7, 11) is 0. The van der Waals surface area contributed by atoms with Gasteiger partial charge in [0.2, 0.25) is 0 Å². The van der Waals surface area contributed by atoms with Gasteiger partial charge in [-0.1, -0.05) is 24.6 Å². The van der Waals surface area contributed by atoms with E-state index in [1.165, 1.54) is 11.3 Å². The number of aromatic nitrogens is 1. The summed E-state index contributed by atoms with van der Waals surface area (Å²) in [4.78, 5) is 16.5. The van der Waals surface area contributed by atoms with Crippen LogP contribution in [0, 0.1) is 0 Å². The van der Waals surface area contributed by atoms with Crippen LogP contribution in [-0.2, 0) is 0 Å². The van der Waals surface area contributed by atoms with Crippen molar-refractivity contribution < 1.29 is 4.79 Å². The zero-order valence-electron chi connectivity index (χ0n) is 10.4. The first-order chi connectivity index (χ1) is 9.13. The number of anilines is 1. The minimum absolute atomic E-state index is 0.122. The molecule has 0 saturated heterocycles. The molecule has 0 fully saturated rings. The number of nitrogens with two attached hydrogens (primary N) is 1. The maximum Gasteiger partial charge on any atom is 0.255 e. The van der Waals surface area contributed by atoms with E-state index in [-0.39, 0.29) is 11.9 Å². The molecule has 1 amide bonds. The summed E-state index contributed by atoms with van der Waals surface area (Å²) in [5.74, 6) is -0.273. The van der Waals surface area contributed by atoms with E-state index < -0.39 is 0 Å². The Morgan fingerprint density at radius 3 is 2.95 bits per heavy atom. The van der Waals surface area contributed by atoms with Gasteiger partial charge in [0.25, 0.3) is 5.91 Å². The van der Waals surface area contributed by atoms with Crippen LogP contribution in [0.15, 0.2) is 29.8 Å². The zero-order chi connectivity index (χ0) is 13.8. The summed E-state index contributed by atoms with van der Waals surface area (Å²) in [6, 6.07) is 4.90. The molecule has 100 valence electrons. The van der Waals surface area contributed by atoms with Crippen LogP contribution >= 0.6 is 22.9 Å². The van der Waals surface area contributed by atoms with Gasteiger partial charge in [0.05, 0.1) is 16.6 Å². The SMILES string of the molecule is CCC(NC(=O)c1c(N)cccc1Cl)c1nccs1. The van der Waals surface area contributed by atoms with Crippen molar-refractivity contribution in [1.82, 2.24) is 10.3 Å². The lowest BCUT2D eigenvalue weighted by Crippen LogP contribution is -2.29. The average molecular weight is 296 g/mol. The number of thiazole rings is 1. The van der Waals surface area contributed by atoms with Gasteiger partial charge < -0.3 is 11.1 Å². The highest BCUT2D eigenvalue weighted by Crippen LogP contribution is 2.24. The predicted molar refractivity (Wildman–Crippen MR) is 78.5 cm³/mol. The number of nitrogens with zero attached hydrogens (tertiary/aromatic N) is 1. The molecular formula is C13H14ClN3OS. The second-order valence-electron chi connectivity index (χ2n) is 4.01. The third kappa shape index (κ3) is 3.05.